The summed E-state index contributed by atoms with van der Waals surface area (Å²) in [5.41, 5.74) is 1.37. The van der Waals surface area contributed by atoms with Gasteiger partial charge in [0.1, 0.15) is 6.54 Å². The van der Waals surface area contributed by atoms with Crippen LogP contribution >= 0.6 is 0 Å². The highest BCUT2D eigenvalue weighted by molar-refractivity contribution is 5.79. The molecule has 0 saturated heterocycles. The second-order valence-corrected chi connectivity index (χ2v) is 6.21. The molecule has 0 spiro atoms. The van der Waals surface area contributed by atoms with E-state index in [1.165, 1.54) is 10.8 Å². The fraction of sp³-hybridized carbons (Fsp3) is 0.200. The van der Waals surface area contributed by atoms with Crippen LogP contribution in [0.5, 0.6) is 0 Å². The Hall–Kier alpha value is -3.48. The van der Waals surface area contributed by atoms with Gasteiger partial charge in [-0.2, -0.15) is 0 Å². The van der Waals surface area contributed by atoms with Crippen LogP contribution in [0.3, 0.4) is 0 Å². The summed E-state index contributed by atoms with van der Waals surface area (Å²) in [6.07, 6.45) is 3.05. The third kappa shape index (κ3) is 3.87. The van der Waals surface area contributed by atoms with Gasteiger partial charge in [0.25, 0.3) is 5.56 Å². The Labute approximate surface area is 155 Å². The van der Waals surface area contributed by atoms with Gasteiger partial charge in [0.05, 0.1) is 12.1 Å². The number of nitrogens with zero attached hydrogens (tertiary/aromatic N) is 3. The fourth-order valence-corrected chi connectivity index (χ4v) is 2.80. The summed E-state index contributed by atoms with van der Waals surface area (Å²) >= 11 is 0. The molecule has 0 bridgehead atoms. The van der Waals surface area contributed by atoms with Crippen molar-refractivity contribution in [1.29, 1.82) is 0 Å². The van der Waals surface area contributed by atoms with Gasteiger partial charge in [-0.3, -0.25) is 18.7 Å². The first-order valence-electron chi connectivity index (χ1n) is 8.52. The van der Waals surface area contributed by atoms with E-state index in [4.69, 9.17) is 0 Å². The zero-order valence-electron chi connectivity index (χ0n) is 15.0. The van der Waals surface area contributed by atoms with Gasteiger partial charge < -0.3 is 5.32 Å². The van der Waals surface area contributed by atoms with Gasteiger partial charge in [-0.15, -0.1) is 6.58 Å². The van der Waals surface area contributed by atoms with Crippen LogP contribution in [0.1, 0.15) is 11.1 Å². The zero-order valence-corrected chi connectivity index (χ0v) is 15.0. The minimum atomic E-state index is -0.546. The maximum absolute atomic E-state index is 13.0. The number of rotatable bonds is 6. The minimum Gasteiger partial charge on any atom is -0.351 e. The largest absolute Gasteiger partial charge is 0.351 e. The van der Waals surface area contributed by atoms with Gasteiger partial charge in [-0.25, -0.2) is 9.78 Å². The summed E-state index contributed by atoms with van der Waals surface area (Å²) in [5, 5.41) is 2.64. The average molecular weight is 364 g/mol. The molecule has 138 valence electrons. The molecule has 7 heteroatoms. The fourth-order valence-electron chi connectivity index (χ4n) is 2.80. The lowest BCUT2D eigenvalue weighted by Crippen LogP contribution is -2.43. The van der Waals surface area contributed by atoms with Gasteiger partial charge >= 0.3 is 5.69 Å². The molecule has 7 nitrogen and oxygen atoms in total. The molecule has 0 fully saturated rings. The Morgan fingerprint density at radius 2 is 1.93 bits per heavy atom. The van der Waals surface area contributed by atoms with E-state index in [0.717, 1.165) is 15.7 Å². The molecule has 2 aromatic heterocycles. The monoisotopic (exact) mass is 364 g/mol. The average Bonchev–Trinajstić information content (AvgIpc) is 2.68. The molecule has 27 heavy (non-hydrogen) atoms. The van der Waals surface area contributed by atoms with Crippen molar-refractivity contribution < 1.29 is 4.79 Å². The number of benzene rings is 1. The number of carbonyl (C=O) groups excluding carboxylic acids is 1. The Kier molecular flexibility index (Phi) is 5.30. The summed E-state index contributed by atoms with van der Waals surface area (Å²) in [4.78, 5) is 42.0. The molecule has 0 aliphatic carbocycles. The first kappa shape index (κ1) is 18.3. The van der Waals surface area contributed by atoms with Gasteiger partial charge in [0, 0.05) is 12.7 Å². The third-order valence-corrected chi connectivity index (χ3v) is 4.19. The molecule has 0 unspecified atom stereocenters. The highest BCUT2D eigenvalue weighted by atomic mass is 16.2. The predicted molar refractivity (Wildman–Crippen MR) is 104 cm³/mol. The maximum atomic E-state index is 13.0. The molecule has 1 amide bonds. The van der Waals surface area contributed by atoms with E-state index in [-0.39, 0.29) is 24.5 Å². The molecule has 3 aromatic rings. The predicted octanol–water partition coefficient (Wildman–Crippen LogP) is 1.22. The summed E-state index contributed by atoms with van der Waals surface area (Å²) in [6.45, 7) is 5.71. The molecule has 0 aliphatic rings. The van der Waals surface area contributed by atoms with Crippen molar-refractivity contribution in [2.45, 2.75) is 20.0 Å². The molecule has 0 saturated carbocycles. The summed E-state index contributed by atoms with van der Waals surface area (Å²) in [5.74, 6) is -0.345. The van der Waals surface area contributed by atoms with Crippen LogP contribution < -0.4 is 16.6 Å². The van der Waals surface area contributed by atoms with E-state index < -0.39 is 11.2 Å². The summed E-state index contributed by atoms with van der Waals surface area (Å²) in [6, 6.07) is 10.8. The van der Waals surface area contributed by atoms with Crippen LogP contribution in [0, 0.1) is 6.92 Å². The lowest BCUT2D eigenvalue weighted by Gasteiger charge is -2.13. The molecule has 0 atom stereocenters. The number of aromatic nitrogens is 3. The first-order valence-corrected chi connectivity index (χ1v) is 8.52. The SMILES string of the molecule is C=CCNC(=O)Cn1c(=O)n(Cc2ccc(C)cc2)c(=O)c2ncccc21. The molecule has 2 heterocycles. The Morgan fingerprint density at radius 1 is 1.19 bits per heavy atom. The van der Waals surface area contributed by atoms with Gasteiger partial charge in [0.15, 0.2) is 5.52 Å². The van der Waals surface area contributed by atoms with Crippen LogP contribution in [-0.4, -0.2) is 26.6 Å². The zero-order chi connectivity index (χ0) is 19.4. The van der Waals surface area contributed by atoms with E-state index in [1.54, 1.807) is 18.2 Å². The number of amides is 1. The molecular weight excluding hydrogens is 344 g/mol. The highest BCUT2D eigenvalue weighted by Crippen LogP contribution is 2.07. The third-order valence-electron chi connectivity index (χ3n) is 4.19. The Morgan fingerprint density at radius 3 is 2.63 bits per heavy atom. The number of carbonyl (C=O) groups is 1. The van der Waals surface area contributed by atoms with Crippen LogP contribution in [-0.2, 0) is 17.9 Å². The van der Waals surface area contributed by atoms with Crippen LogP contribution in [0.15, 0.2) is 64.8 Å². The smallest absolute Gasteiger partial charge is 0.332 e. The molecular formula is C20H20N4O3. The number of fused-ring (bicyclic) bond motifs is 1. The van der Waals surface area contributed by atoms with E-state index in [2.05, 4.69) is 16.9 Å². The number of hydrogen-bond acceptors (Lipinski definition) is 4. The normalized spacial score (nSPS) is 10.7. The quantitative estimate of drug-likeness (QED) is 0.667. The lowest BCUT2D eigenvalue weighted by atomic mass is 10.1. The van der Waals surface area contributed by atoms with Crippen molar-refractivity contribution in [1.82, 2.24) is 19.4 Å². The van der Waals surface area contributed by atoms with E-state index in [1.807, 2.05) is 31.2 Å². The molecule has 0 aliphatic heterocycles. The molecule has 0 radical (unpaired) electrons. The van der Waals surface area contributed by atoms with Crippen molar-refractivity contribution in [2.24, 2.45) is 0 Å². The van der Waals surface area contributed by atoms with Crippen molar-refractivity contribution in [3.8, 4) is 0 Å². The summed E-state index contributed by atoms with van der Waals surface area (Å²) in [7, 11) is 0. The highest BCUT2D eigenvalue weighted by Gasteiger charge is 2.16. The Bertz CT molecular complexity index is 1110. The number of nitrogens with one attached hydrogen (secondary N) is 1. The van der Waals surface area contributed by atoms with Crippen molar-refractivity contribution in [3.63, 3.8) is 0 Å². The van der Waals surface area contributed by atoms with E-state index in [9.17, 15) is 14.4 Å². The molecule has 3 rings (SSSR count). The van der Waals surface area contributed by atoms with Crippen molar-refractivity contribution in [2.75, 3.05) is 6.54 Å². The number of pyridine rings is 1. The maximum Gasteiger partial charge on any atom is 0.332 e. The van der Waals surface area contributed by atoms with Gasteiger partial charge in [-0.05, 0) is 24.6 Å². The van der Waals surface area contributed by atoms with Crippen LogP contribution in [0.25, 0.3) is 11.0 Å². The van der Waals surface area contributed by atoms with E-state index >= 15 is 0 Å². The van der Waals surface area contributed by atoms with Crippen LogP contribution in [0.4, 0.5) is 0 Å². The van der Waals surface area contributed by atoms with Gasteiger partial charge in [-0.1, -0.05) is 35.9 Å². The van der Waals surface area contributed by atoms with Crippen molar-refractivity contribution >= 4 is 16.9 Å². The number of aryl methyl sites for hydroxylation is 1. The van der Waals surface area contributed by atoms with Crippen LogP contribution in [0.2, 0.25) is 0 Å². The first-order chi connectivity index (χ1) is 13.0. The van der Waals surface area contributed by atoms with Crippen molar-refractivity contribution in [3.05, 3.63) is 87.2 Å². The van der Waals surface area contributed by atoms with Gasteiger partial charge in [0.2, 0.25) is 5.91 Å². The second kappa shape index (κ2) is 7.82. The number of hydrogen-bond donors (Lipinski definition) is 1. The second-order valence-electron chi connectivity index (χ2n) is 6.21. The van der Waals surface area contributed by atoms with E-state index in [0.29, 0.717) is 12.1 Å². The standard InChI is InChI=1S/C20H20N4O3/c1-3-10-21-17(25)13-23-16-5-4-11-22-18(16)19(26)24(20(23)27)12-15-8-6-14(2)7-9-15/h3-9,11H,1,10,12-13H2,2H3,(H,21,25). The minimum absolute atomic E-state index is 0.110. The lowest BCUT2D eigenvalue weighted by molar-refractivity contribution is -0.121. The Balaban J connectivity index is 2.12. The molecule has 1 aromatic carbocycles. The summed E-state index contributed by atoms with van der Waals surface area (Å²) < 4.78 is 2.39. The topological polar surface area (TPSA) is 86.0 Å². The molecule has 1 N–H and O–H groups in total.